The first-order chi connectivity index (χ1) is 11.5. The van der Waals surface area contributed by atoms with Crippen molar-refractivity contribution in [2.75, 3.05) is 6.54 Å². The number of hydrogen-bond donors (Lipinski definition) is 2. The quantitative estimate of drug-likeness (QED) is 0.648. The molecule has 1 aromatic carbocycles. The minimum absolute atomic E-state index is 0.00710. The van der Waals surface area contributed by atoms with E-state index in [0.29, 0.717) is 18.4 Å². The molecule has 8 heteroatoms. The van der Waals surface area contributed by atoms with Gasteiger partial charge in [-0.3, -0.25) is 14.9 Å². The monoisotopic (exact) mass is 327 g/mol. The van der Waals surface area contributed by atoms with Crippen LogP contribution in [0.1, 0.15) is 18.4 Å². The Morgan fingerprint density at radius 3 is 3.08 bits per heavy atom. The van der Waals surface area contributed by atoms with Gasteiger partial charge in [0.05, 0.1) is 17.0 Å². The summed E-state index contributed by atoms with van der Waals surface area (Å²) in [7, 11) is 0. The number of nitrogens with two attached hydrogens (primary N) is 1. The minimum atomic E-state index is -0.780. The molecule has 1 aliphatic rings. The minimum Gasteiger partial charge on any atom is -0.361 e. The Morgan fingerprint density at radius 2 is 2.38 bits per heavy atom. The Hall–Kier alpha value is -2.92. The van der Waals surface area contributed by atoms with Crippen LogP contribution in [0.5, 0.6) is 0 Å². The molecule has 3 rings (SSSR count). The van der Waals surface area contributed by atoms with E-state index in [1.165, 1.54) is 17.0 Å². The molecule has 1 fully saturated rings. The van der Waals surface area contributed by atoms with Gasteiger partial charge in [-0.15, -0.1) is 0 Å². The Bertz CT molecular complexity index is 838. The Morgan fingerprint density at radius 1 is 1.58 bits per heavy atom. The second-order valence-corrected chi connectivity index (χ2v) is 5.93. The molecule has 1 saturated heterocycles. The Labute approximate surface area is 138 Å². The maximum absolute atomic E-state index is 12.5. The van der Waals surface area contributed by atoms with Crippen molar-refractivity contribution in [1.29, 1.82) is 5.26 Å². The molecule has 124 valence electrons. The highest BCUT2D eigenvalue weighted by Gasteiger charge is 2.31. The van der Waals surface area contributed by atoms with Gasteiger partial charge in [-0.05, 0) is 30.9 Å². The van der Waals surface area contributed by atoms with E-state index in [4.69, 9.17) is 11.0 Å². The van der Waals surface area contributed by atoms with E-state index in [0.717, 1.165) is 17.5 Å². The van der Waals surface area contributed by atoms with Crippen LogP contribution >= 0.6 is 0 Å². The normalized spacial score (nSPS) is 18.5. The van der Waals surface area contributed by atoms with Crippen molar-refractivity contribution in [2.24, 2.45) is 5.73 Å². The summed E-state index contributed by atoms with van der Waals surface area (Å²) >= 11 is 0. The number of fused-ring (bicyclic) bond motifs is 1. The lowest BCUT2D eigenvalue weighted by molar-refractivity contribution is -0.384. The number of carbonyl (C=O) groups is 1. The van der Waals surface area contributed by atoms with Gasteiger partial charge in [0.15, 0.2) is 0 Å². The molecule has 1 aromatic heterocycles. The van der Waals surface area contributed by atoms with E-state index in [9.17, 15) is 14.9 Å². The maximum atomic E-state index is 12.5. The standard InChI is InChI=1S/C16H17N5O3/c17-8-12-2-1-5-20(12)16(22)14(18)6-10-9-19-15-4-3-11(21(23)24)7-13(10)15/h3-4,7,9,12,14,19H,1-2,5-6,18H2. The van der Waals surface area contributed by atoms with Crippen molar-refractivity contribution in [2.45, 2.75) is 31.3 Å². The number of likely N-dealkylation sites (tertiary alicyclic amines) is 1. The molecule has 2 unspecified atom stereocenters. The number of nitro benzene ring substituents is 1. The third-order valence-electron chi connectivity index (χ3n) is 4.40. The van der Waals surface area contributed by atoms with Crippen LogP contribution < -0.4 is 5.73 Å². The molecular weight excluding hydrogens is 310 g/mol. The zero-order valence-corrected chi connectivity index (χ0v) is 12.9. The van der Waals surface area contributed by atoms with Gasteiger partial charge < -0.3 is 15.6 Å². The summed E-state index contributed by atoms with van der Waals surface area (Å²) in [5.41, 5.74) is 7.55. The third kappa shape index (κ3) is 2.81. The fourth-order valence-corrected chi connectivity index (χ4v) is 3.15. The smallest absolute Gasteiger partial charge is 0.270 e. The first-order valence-corrected chi connectivity index (χ1v) is 7.71. The second-order valence-electron chi connectivity index (χ2n) is 5.93. The van der Waals surface area contributed by atoms with Crippen LogP contribution in [0, 0.1) is 21.4 Å². The van der Waals surface area contributed by atoms with Crippen LogP contribution in [-0.2, 0) is 11.2 Å². The van der Waals surface area contributed by atoms with Crippen LogP contribution in [0.4, 0.5) is 5.69 Å². The van der Waals surface area contributed by atoms with E-state index in [2.05, 4.69) is 11.1 Å². The number of aromatic nitrogens is 1. The molecule has 2 atom stereocenters. The highest BCUT2D eigenvalue weighted by Crippen LogP contribution is 2.25. The summed E-state index contributed by atoms with van der Waals surface area (Å²) in [5.74, 6) is -0.251. The zero-order chi connectivity index (χ0) is 17.3. The number of nitro groups is 1. The van der Waals surface area contributed by atoms with Crippen molar-refractivity contribution in [1.82, 2.24) is 9.88 Å². The van der Waals surface area contributed by atoms with E-state index in [1.807, 2.05) is 0 Å². The van der Waals surface area contributed by atoms with Gasteiger partial charge in [-0.1, -0.05) is 0 Å². The number of benzene rings is 1. The fraction of sp³-hybridized carbons (Fsp3) is 0.375. The van der Waals surface area contributed by atoms with E-state index in [1.54, 1.807) is 12.3 Å². The van der Waals surface area contributed by atoms with Crippen molar-refractivity contribution in [3.8, 4) is 6.07 Å². The lowest BCUT2D eigenvalue weighted by Crippen LogP contribution is -2.46. The number of carbonyl (C=O) groups excluding carboxylic acids is 1. The number of non-ortho nitro benzene ring substituents is 1. The number of hydrogen-bond acceptors (Lipinski definition) is 5. The Kier molecular flexibility index (Phi) is 4.18. The van der Waals surface area contributed by atoms with Crippen LogP contribution in [-0.4, -0.2) is 39.3 Å². The summed E-state index contributed by atoms with van der Waals surface area (Å²) in [5, 5.41) is 20.7. The van der Waals surface area contributed by atoms with Crippen molar-refractivity contribution in [3.05, 3.63) is 40.1 Å². The van der Waals surface area contributed by atoms with Gasteiger partial charge in [0.1, 0.15) is 6.04 Å². The number of rotatable bonds is 4. The maximum Gasteiger partial charge on any atom is 0.270 e. The van der Waals surface area contributed by atoms with Gasteiger partial charge in [-0.25, -0.2) is 0 Å². The van der Waals surface area contributed by atoms with Crippen molar-refractivity contribution >= 4 is 22.5 Å². The molecule has 24 heavy (non-hydrogen) atoms. The molecule has 0 radical (unpaired) electrons. The third-order valence-corrected chi connectivity index (χ3v) is 4.40. The highest BCUT2D eigenvalue weighted by atomic mass is 16.6. The van der Waals surface area contributed by atoms with Gasteiger partial charge in [0.2, 0.25) is 5.91 Å². The van der Waals surface area contributed by atoms with Crippen LogP contribution in [0.25, 0.3) is 10.9 Å². The molecule has 0 aliphatic carbocycles. The van der Waals surface area contributed by atoms with Gasteiger partial charge in [-0.2, -0.15) is 5.26 Å². The molecule has 1 amide bonds. The van der Waals surface area contributed by atoms with Crippen molar-refractivity contribution < 1.29 is 9.72 Å². The highest BCUT2D eigenvalue weighted by molar-refractivity contribution is 5.87. The zero-order valence-electron chi connectivity index (χ0n) is 12.9. The SMILES string of the molecule is N#CC1CCCN1C(=O)C(N)Cc1c[nH]c2ccc([N+](=O)[O-])cc12. The van der Waals surface area contributed by atoms with Crippen LogP contribution in [0.3, 0.4) is 0 Å². The molecule has 2 heterocycles. The molecular formula is C16H17N5O3. The number of aromatic amines is 1. The fourth-order valence-electron chi connectivity index (χ4n) is 3.15. The first-order valence-electron chi connectivity index (χ1n) is 7.71. The molecule has 0 bridgehead atoms. The summed E-state index contributed by atoms with van der Waals surface area (Å²) in [6.07, 6.45) is 3.45. The summed E-state index contributed by atoms with van der Waals surface area (Å²) in [4.78, 5) is 27.5. The lowest BCUT2D eigenvalue weighted by atomic mass is 10.0. The number of H-pyrrole nitrogens is 1. The molecule has 1 aliphatic heterocycles. The lowest BCUT2D eigenvalue weighted by Gasteiger charge is -2.23. The molecule has 3 N–H and O–H groups in total. The number of nitrogens with zero attached hydrogens (tertiary/aromatic N) is 3. The van der Waals surface area contributed by atoms with Gasteiger partial charge >= 0.3 is 0 Å². The van der Waals surface area contributed by atoms with Crippen LogP contribution in [0.2, 0.25) is 0 Å². The number of nitriles is 1. The predicted octanol–water partition coefficient (Wildman–Crippen LogP) is 1.46. The van der Waals surface area contributed by atoms with E-state index in [-0.39, 0.29) is 18.0 Å². The van der Waals surface area contributed by atoms with Crippen molar-refractivity contribution in [3.63, 3.8) is 0 Å². The summed E-state index contributed by atoms with van der Waals surface area (Å²) in [6.45, 7) is 0.546. The summed E-state index contributed by atoms with van der Waals surface area (Å²) < 4.78 is 0. The van der Waals surface area contributed by atoms with Gasteiger partial charge in [0.25, 0.3) is 5.69 Å². The predicted molar refractivity (Wildman–Crippen MR) is 87.0 cm³/mol. The molecule has 0 spiro atoms. The molecule has 8 nitrogen and oxygen atoms in total. The average Bonchev–Trinajstić information content (AvgIpc) is 3.20. The average molecular weight is 327 g/mol. The largest absolute Gasteiger partial charge is 0.361 e. The van der Waals surface area contributed by atoms with Gasteiger partial charge in [0, 0.05) is 35.8 Å². The van der Waals surface area contributed by atoms with E-state index >= 15 is 0 Å². The summed E-state index contributed by atoms with van der Waals surface area (Å²) in [6, 6.07) is 5.48. The molecule has 2 aromatic rings. The second kappa shape index (κ2) is 6.29. The Balaban J connectivity index is 1.81. The number of nitrogens with one attached hydrogen (secondary N) is 1. The topological polar surface area (TPSA) is 129 Å². The van der Waals surface area contributed by atoms with Crippen LogP contribution in [0.15, 0.2) is 24.4 Å². The van der Waals surface area contributed by atoms with E-state index < -0.39 is 17.0 Å². The number of amides is 1. The molecule has 0 saturated carbocycles. The first kappa shape index (κ1) is 16.0.